The van der Waals surface area contributed by atoms with Gasteiger partial charge in [0.15, 0.2) is 17.3 Å². The van der Waals surface area contributed by atoms with Crippen LogP contribution in [0.5, 0.6) is 23.0 Å². The maximum absolute atomic E-state index is 12.3. The Labute approximate surface area is 141 Å². The molecule has 2 rings (SSSR count). The smallest absolute Gasteiger partial charge is 0.185 e. The average Bonchev–Trinajstić information content (AvgIpc) is 2.65. The summed E-state index contributed by atoms with van der Waals surface area (Å²) in [6.07, 6.45) is 3.17. The summed E-state index contributed by atoms with van der Waals surface area (Å²) in [7, 11) is 6.23. The monoisotopic (exact) mass is 328 g/mol. The van der Waals surface area contributed by atoms with Gasteiger partial charge in [0.25, 0.3) is 0 Å². The molecule has 126 valence electrons. The first-order valence-electron chi connectivity index (χ1n) is 7.29. The van der Waals surface area contributed by atoms with Crippen LogP contribution >= 0.6 is 0 Å². The molecule has 0 saturated carbocycles. The minimum absolute atomic E-state index is 0.134. The number of allylic oxidation sites excluding steroid dienone is 1. The first-order valence-corrected chi connectivity index (χ1v) is 7.29. The van der Waals surface area contributed by atoms with E-state index in [9.17, 15) is 4.79 Å². The molecule has 2 aromatic carbocycles. The number of hydrogen-bond donors (Lipinski definition) is 0. The van der Waals surface area contributed by atoms with Crippen molar-refractivity contribution >= 4 is 11.9 Å². The number of ether oxygens (including phenoxy) is 4. The van der Waals surface area contributed by atoms with Crippen LogP contribution in [0.25, 0.3) is 6.08 Å². The highest BCUT2D eigenvalue weighted by Gasteiger charge is 2.11. The second-order valence-corrected chi connectivity index (χ2v) is 4.88. The Balaban J connectivity index is 2.31. The summed E-state index contributed by atoms with van der Waals surface area (Å²) in [4.78, 5) is 12.3. The molecule has 0 spiro atoms. The summed E-state index contributed by atoms with van der Waals surface area (Å²) >= 11 is 0. The summed E-state index contributed by atoms with van der Waals surface area (Å²) in [6, 6.07) is 10.5. The Morgan fingerprint density at radius 1 is 0.833 bits per heavy atom. The topological polar surface area (TPSA) is 54.0 Å². The Morgan fingerprint density at radius 2 is 1.50 bits per heavy atom. The third-order valence-electron chi connectivity index (χ3n) is 3.50. The summed E-state index contributed by atoms with van der Waals surface area (Å²) < 4.78 is 21.0. The molecule has 0 aliphatic heterocycles. The highest BCUT2D eigenvalue weighted by molar-refractivity contribution is 6.07. The molecule has 0 heterocycles. The van der Waals surface area contributed by atoms with Gasteiger partial charge in [0.2, 0.25) is 0 Å². The summed E-state index contributed by atoms with van der Waals surface area (Å²) in [5.41, 5.74) is 1.26. The largest absolute Gasteiger partial charge is 0.497 e. The molecule has 0 N–H and O–H groups in total. The molecule has 0 radical (unpaired) electrons. The minimum atomic E-state index is -0.134. The number of hydrogen-bond acceptors (Lipinski definition) is 5. The number of ketones is 1. The van der Waals surface area contributed by atoms with E-state index in [2.05, 4.69) is 0 Å². The lowest BCUT2D eigenvalue weighted by molar-refractivity contribution is 0.104. The number of methoxy groups -OCH3 is 4. The fourth-order valence-electron chi connectivity index (χ4n) is 2.22. The van der Waals surface area contributed by atoms with E-state index >= 15 is 0 Å². The predicted molar refractivity (Wildman–Crippen MR) is 92.5 cm³/mol. The van der Waals surface area contributed by atoms with Gasteiger partial charge in [-0.05, 0) is 30.4 Å². The molecule has 0 fully saturated rings. The minimum Gasteiger partial charge on any atom is -0.497 e. The Hall–Kier alpha value is -2.95. The van der Waals surface area contributed by atoms with Gasteiger partial charge in [-0.25, -0.2) is 0 Å². The molecule has 0 aliphatic carbocycles. The molecule has 0 bridgehead atoms. The number of carbonyl (C=O) groups is 1. The quantitative estimate of drug-likeness (QED) is 0.574. The lowest BCUT2D eigenvalue weighted by Gasteiger charge is -2.12. The SMILES string of the molecule is COc1cccc(C(=O)/C=C/c2cc(OC)c(OC)cc2OC)c1. The summed E-state index contributed by atoms with van der Waals surface area (Å²) in [5.74, 6) is 2.21. The normalized spacial score (nSPS) is 10.5. The van der Waals surface area contributed by atoms with Crippen molar-refractivity contribution in [3.63, 3.8) is 0 Å². The van der Waals surface area contributed by atoms with Crippen LogP contribution in [0.2, 0.25) is 0 Å². The van der Waals surface area contributed by atoms with E-state index in [-0.39, 0.29) is 5.78 Å². The molecular formula is C19H20O5. The second kappa shape index (κ2) is 8.06. The van der Waals surface area contributed by atoms with Gasteiger partial charge >= 0.3 is 0 Å². The van der Waals surface area contributed by atoms with Crippen molar-refractivity contribution in [3.8, 4) is 23.0 Å². The Morgan fingerprint density at radius 3 is 2.12 bits per heavy atom. The van der Waals surface area contributed by atoms with Gasteiger partial charge in [-0.1, -0.05) is 12.1 Å². The molecule has 0 aromatic heterocycles. The van der Waals surface area contributed by atoms with Gasteiger partial charge in [-0.2, -0.15) is 0 Å². The van der Waals surface area contributed by atoms with E-state index in [1.807, 2.05) is 0 Å². The third kappa shape index (κ3) is 3.87. The zero-order chi connectivity index (χ0) is 17.5. The van der Waals surface area contributed by atoms with Crippen molar-refractivity contribution in [2.45, 2.75) is 0 Å². The van der Waals surface area contributed by atoms with Crippen LogP contribution in [0.1, 0.15) is 15.9 Å². The van der Waals surface area contributed by atoms with E-state index in [0.717, 1.165) is 0 Å². The molecule has 2 aromatic rings. The lowest BCUT2D eigenvalue weighted by Crippen LogP contribution is -1.96. The maximum atomic E-state index is 12.3. The number of benzene rings is 2. The van der Waals surface area contributed by atoms with Crippen LogP contribution in [0.3, 0.4) is 0 Å². The van der Waals surface area contributed by atoms with Crippen LogP contribution in [-0.2, 0) is 0 Å². The molecule has 0 amide bonds. The average molecular weight is 328 g/mol. The molecule has 0 aliphatic rings. The Kier molecular flexibility index (Phi) is 5.84. The molecule has 0 unspecified atom stereocenters. The molecule has 24 heavy (non-hydrogen) atoms. The second-order valence-electron chi connectivity index (χ2n) is 4.88. The zero-order valence-electron chi connectivity index (χ0n) is 14.2. The van der Waals surface area contributed by atoms with Crippen molar-refractivity contribution < 1.29 is 23.7 Å². The number of carbonyl (C=O) groups excluding carboxylic acids is 1. The van der Waals surface area contributed by atoms with E-state index in [1.54, 1.807) is 70.9 Å². The van der Waals surface area contributed by atoms with Gasteiger partial charge in [0, 0.05) is 17.2 Å². The van der Waals surface area contributed by atoms with Crippen molar-refractivity contribution in [2.75, 3.05) is 28.4 Å². The van der Waals surface area contributed by atoms with Crippen LogP contribution < -0.4 is 18.9 Å². The van der Waals surface area contributed by atoms with Gasteiger partial charge in [-0.3, -0.25) is 4.79 Å². The van der Waals surface area contributed by atoms with Gasteiger partial charge in [-0.15, -0.1) is 0 Å². The first-order chi connectivity index (χ1) is 11.6. The molecule has 0 atom stereocenters. The van der Waals surface area contributed by atoms with Crippen LogP contribution in [0, 0.1) is 0 Å². The van der Waals surface area contributed by atoms with Crippen LogP contribution in [0.15, 0.2) is 42.5 Å². The van der Waals surface area contributed by atoms with Crippen molar-refractivity contribution in [2.24, 2.45) is 0 Å². The fraction of sp³-hybridized carbons (Fsp3) is 0.211. The third-order valence-corrected chi connectivity index (χ3v) is 3.50. The first kappa shape index (κ1) is 17.4. The van der Waals surface area contributed by atoms with Gasteiger partial charge in [0.05, 0.1) is 28.4 Å². The van der Waals surface area contributed by atoms with E-state index in [1.165, 1.54) is 6.08 Å². The molecule has 5 nitrogen and oxygen atoms in total. The van der Waals surface area contributed by atoms with Crippen molar-refractivity contribution in [1.82, 2.24) is 0 Å². The van der Waals surface area contributed by atoms with Gasteiger partial charge < -0.3 is 18.9 Å². The molecule has 0 saturated heterocycles. The number of rotatable bonds is 7. The highest BCUT2D eigenvalue weighted by Crippen LogP contribution is 2.35. The van der Waals surface area contributed by atoms with Crippen molar-refractivity contribution in [3.05, 3.63) is 53.6 Å². The summed E-state index contributed by atoms with van der Waals surface area (Å²) in [5, 5.41) is 0. The van der Waals surface area contributed by atoms with Gasteiger partial charge in [0.1, 0.15) is 11.5 Å². The van der Waals surface area contributed by atoms with Crippen LogP contribution in [-0.4, -0.2) is 34.2 Å². The Bertz CT molecular complexity index is 749. The standard InChI is InChI=1S/C19H20O5/c1-21-15-7-5-6-13(10-15)16(20)9-8-14-11-18(23-3)19(24-4)12-17(14)22-2/h5-12H,1-4H3/b9-8+. The fourth-order valence-corrected chi connectivity index (χ4v) is 2.22. The highest BCUT2D eigenvalue weighted by atomic mass is 16.5. The zero-order valence-corrected chi connectivity index (χ0v) is 14.2. The maximum Gasteiger partial charge on any atom is 0.185 e. The molecular weight excluding hydrogens is 308 g/mol. The van der Waals surface area contributed by atoms with Crippen LogP contribution in [0.4, 0.5) is 0 Å². The molecule has 5 heteroatoms. The van der Waals surface area contributed by atoms with E-state index in [4.69, 9.17) is 18.9 Å². The predicted octanol–water partition coefficient (Wildman–Crippen LogP) is 3.62. The van der Waals surface area contributed by atoms with E-state index < -0.39 is 0 Å². The van der Waals surface area contributed by atoms with Crippen molar-refractivity contribution in [1.29, 1.82) is 0 Å². The lowest BCUT2D eigenvalue weighted by atomic mass is 10.1. The summed E-state index contributed by atoms with van der Waals surface area (Å²) in [6.45, 7) is 0. The van der Waals surface area contributed by atoms with E-state index in [0.29, 0.717) is 34.1 Å².